The molecule has 0 saturated heterocycles. The van der Waals surface area contributed by atoms with E-state index in [1.54, 1.807) is 31.3 Å². The molecule has 1 heterocycles. The summed E-state index contributed by atoms with van der Waals surface area (Å²) in [4.78, 5) is 26.8. The Kier molecular flexibility index (Phi) is 4.90. The minimum Gasteiger partial charge on any atom is -0.465 e. The number of aromatic nitrogens is 1. The number of hydrogen-bond donors (Lipinski definition) is 3. The van der Waals surface area contributed by atoms with E-state index >= 15 is 0 Å². The van der Waals surface area contributed by atoms with E-state index in [4.69, 9.17) is 16.7 Å². The Morgan fingerprint density at radius 1 is 1.24 bits per heavy atom. The van der Waals surface area contributed by atoms with Crippen molar-refractivity contribution >= 4 is 29.4 Å². The van der Waals surface area contributed by atoms with Crippen molar-refractivity contribution in [3.8, 4) is 11.1 Å². The SMILES string of the molecule is CC(NC(=O)O)c1ccc(-c2ccnc(NC(=O)C3CC3)c2)cc1Cl. The predicted octanol–water partition coefficient (Wildman–Crippen LogP) is 4.08. The van der Waals surface area contributed by atoms with Crippen molar-refractivity contribution < 1.29 is 14.7 Å². The van der Waals surface area contributed by atoms with Crippen LogP contribution in [-0.4, -0.2) is 22.1 Å². The fraction of sp³-hybridized carbons (Fsp3) is 0.278. The van der Waals surface area contributed by atoms with Gasteiger partial charge in [0.2, 0.25) is 5.91 Å². The molecular formula is C18H18ClN3O3. The van der Waals surface area contributed by atoms with Gasteiger partial charge in [0.15, 0.2) is 0 Å². The third kappa shape index (κ3) is 4.28. The highest BCUT2D eigenvalue weighted by atomic mass is 35.5. The first kappa shape index (κ1) is 17.2. The van der Waals surface area contributed by atoms with Gasteiger partial charge in [-0.1, -0.05) is 23.7 Å². The monoisotopic (exact) mass is 359 g/mol. The molecule has 1 aliphatic rings. The maximum atomic E-state index is 11.9. The molecule has 2 aromatic rings. The predicted molar refractivity (Wildman–Crippen MR) is 95.6 cm³/mol. The highest BCUT2D eigenvalue weighted by molar-refractivity contribution is 6.31. The van der Waals surface area contributed by atoms with Crippen molar-refractivity contribution in [3.63, 3.8) is 0 Å². The Morgan fingerprint density at radius 3 is 2.60 bits per heavy atom. The van der Waals surface area contributed by atoms with Crippen molar-refractivity contribution in [2.75, 3.05) is 5.32 Å². The van der Waals surface area contributed by atoms with E-state index in [1.165, 1.54) is 0 Å². The third-order valence-electron chi connectivity index (χ3n) is 4.10. The van der Waals surface area contributed by atoms with E-state index in [2.05, 4.69) is 15.6 Å². The minimum absolute atomic E-state index is 0.00611. The van der Waals surface area contributed by atoms with Crippen LogP contribution in [0, 0.1) is 5.92 Å². The number of carbonyl (C=O) groups excluding carboxylic acids is 1. The molecule has 1 aromatic carbocycles. The zero-order valence-electron chi connectivity index (χ0n) is 13.6. The number of nitrogens with zero attached hydrogens (tertiary/aromatic N) is 1. The third-order valence-corrected chi connectivity index (χ3v) is 4.43. The summed E-state index contributed by atoms with van der Waals surface area (Å²) in [6.07, 6.45) is 2.41. The minimum atomic E-state index is -1.10. The van der Waals surface area contributed by atoms with E-state index in [1.807, 2.05) is 12.1 Å². The first-order chi connectivity index (χ1) is 11.9. The second-order valence-electron chi connectivity index (χ2n) is 6.10. The topological polar surface area (TPSA) is 91.3 Å². The van der Waals surface area contributed by atoms with Crippen LogP contribution in [0.1, 0.15) is 31.4 Å². The Hall–Kier alpha value is -2.60. The van der Waals surface area contributed by atoms with Crippen LogP contribution in [0.5, 0.6) is 0 Å². The lowest BCUT2D eigenvalue weighted by Gasteiger charge is -2.15. The van der Waals surface area contributed by atoms with Gasteiger partial charge in [0, 0.05) is 17.1 Å². The fourth-order valence-corrected chi connectivity index (χ4v) is 2.92. The van der Waals surface area contributed by atoms with Crippen LogP contribution in [0.15, 0.2) is 36.5 Å². The Bertz CT molecular complexity index is 821. The number of rotatable bonds is 5. The number of nitrogens with one attached hydrogen (secondary N) is 2. The van der Waals surface area contributed by atoms with E-state index in [0.29, 0.717) is 16.4 Å². The highest BCUT2D eigenvalue weighted by Crippen LogP contribution is 2.32. The van der Waals surface area contributed by atoms with Crippen molar-refractivity contribution in [2.24, 2.45) is 5.92 Å². The van der Waals surface area contributed by atoms with Gasteiger partial charge in [-0.25, -0.2) is 9.78 Å². The molecule has 1 unspecified atom stereocenters. The second kappa shape index (κ2) is 7.11. The summed E-state index contributed by atoms with van der Waals surface area (Å²) < 4.78 is 0. The van der Waals surface area contributed by atoms with Crippen LogP contribution in [0.2, 0.25) is 5.02 Å². The number of halogens is 1. The van der Waals surface area contributed by atoms with Gasteiger partial charge >= 0.3 is 6.09 Å². The molecule has 3 N–H and O–H groups in total. The highest BCUT2D eigenvalue weighted by Gasteiger charge is 2.29. The first-order valence-electron chi connectivity index (χ1n) is 8.00. The van der Waals surface area contributed by atoms with Crippen molar-refractivity contribution in [3.05, 3.63) is 47.1 Å². The maximum Gasteiger partial charge on any atom is 0.405 e. The number of carboxylic acid groups (broad SMARTS) is 1. The lowest BCUT2D eigenvalue weighted by Crippen LogP contribution is -2.24. The summed E-state index contributed by atoms with van der Waals surface area (Å²) in [5.74, 6) is 0.629. The van der Waals surface area contributed by atoms with E-state index in [-0.39, 0.29) is 11.8 Å². The van der Waals surface area contributed by atoms with Crippen LogP contribution in [0.25, 0.3) is 11.1 Å². The molecule has 3 rings (SSSR count). The number of hydrogen-bond acceptors (Lipinski definition) is 3. The largest absolute Gasteiger partial charge is 0.465 e. The summed E-state index contributed by atoms with van der Waals surface area (Å²) in [6.45, 7) is 1.73. The summed E-state index contributed by atoms with van der Waals surface area (Å²) in [5.41, 5.74) is 2.43. The molecule has 1 saturated carbocycles. The molecule has 1 aromatic heterocycles. The van der Waals surface area contributed by atoms with Gasteiger partial charge in [-0.3, -0.25) is 4.79 Å². The molecule has 1 fully saturated rings. The smallest absolute Gasteiger partial charge is 0.405 e. The number of benzene rings is 1. The number of pyridine rings is 1. The van der Waals surface area contributed by atoms with Crippen molar-refractivity contribution in [1.29, 1.82) is 0 Å². The summed E-state index contributed by atoms with van der Waals surface area (Å²) in [6, 6.07) is 8.65. The Balaban J connectivity index is 1.80. The molecule has 6 nitrogen and oxygen atoms in total. The van der Waals surface area contributed by atoms with Crippen LogP contribution < -0.4 is 10.6 Å². The normalized spacial score (nSPS) is 14.6. The Morgan fingerprint density at radius 2 is 1.96 bits per heavy atom. The van der Waals surface area contributed by atoms with Gasteiger partial charge in [0.25, 0.3) is 0 Å². The molecule has 7 heteroatoms. The zero-order chi connectivity index (χ0) is 18.0. The summed E-state index contributed by atoms with van der Waals surface area (Å²) in [7, 11) is 0. The average Bonchev–Trinajstić information content (AvgIpc) is 3.39. The van der Waals surface area contributed by atoms with Crippen molar-refractivity contribution in [1.82, 2.24) is 10.3 Å². The van der Waals surface area contributed by atoms with Crippen LogP contribution >= 0.6 is 11.6 Å². The number of carbonyl (C=O) groups is 2. The zero-order valence-corrected chi connectivity index (χ0v) is 14.4. The molecule has 2 amide bonds. The fourth-order valence-electron chi connectivity index (χ4n) is 2.57. The lowest BCUT2D eigenvalue weighted by atomic mass is 10.0. The standard InChI is InChI=1S/C18H18ClN3O3/c1-10(21-18(24)25)14-5-4-12(8-15(14)19)13-6-7-20-16(9-13)22-17(23)11-2-3-11/h4-11,21H,2-3H2,1H3,(H,24,25)(H,20,22,23). The van der Waals surface area contributed by atoms with Gasteiger partial charge in [-0.2, -0.15) is 0 Å². The maximum absolute atomic E-state index is 11.9. The van der Waals surface area contributed by atoms with Gasteiger partial charge in [-0.05, 0) is 54.7 Å². The molecule has 25 heavy (non-hydrogen) atoms. The average molecular weight is 360 g/mol. The van der Waals surface area contributed by atoms with E-state index in [9.17, 15) is 9.59 Å². The van der Waals surface area contributed by atoms with Gasteiger partial charge < -0.3 is 15.7 Å². The van der Waals surface area contributed by atoms with Gasteiger partial charge in [0.1, 0.15) is 5.82 Å². The molecule has 130 valence electrons. The van der Waals surface area contributed by atoms with Crippen LogP contribution in [0.4, 0.5) is 10.6 Å². The van der Waals surface area contributed by atoms with Crippen LogP contribution in [0.3, 0.4) is 0 Å². The first-order valence-corrected chi connectivity index (χ1v) is 8.38. The molecule has 0 bridgehead atoms. The lowest BCUT2D eigenvalue weighted by molar-refractivity contribution is -0.117. The molecule has 1 aliphatic carbocycles. The summed E-state index contributed by atoms with van der Waals surface area (Å²) >= 11 is 6.31. The van der Waals surface area contributed by atoms with Crippen LogP contribution in [-0.2, 0) is 4.79 Å². The Labute approximate surface area is 150 Å². The second-order valence-corrected chi connectivity index (χ2v) is 6.51. The number of amides is 2. The summed E-state index contributed by atoms with van der Waals surface area (Å²) in [5, 5.41) is 14.5. The molecule has 1 atom stereocenters. The van der Waals surface area contributed by atoms with Gasteiger partial charge in [0.05, 0.1) is 6.04 Å². The van der Waals surface area contributed by atoms with Gasteiger partial charge in [-0.15, -0.1) is 0 Å². The molecule has 0 aliphatic heterocycles. The molecule has 0 spiro atoms. The van der Waals surface area contributed by atoms with E-state index < -0.39 is 12.1 Å². The molecule has 0 radical (unpaired) electrons. The van der Waals surface area contributed by atoms with E-state index in [0.717, 1.165) is 24.0 Å². The number of anilines is 1. The quantitative estimate of drug-likeness (QED) is 0.750. The van der Waals surface area contributed by atoms with Crippen molar-refractivity contribution in [2.45, 2.75) is 25.8 Å². The molecular weight excluding hydrogens is 342 g/mol.